The fourth-order valence-electron chi connectivity index (χ4n) is 4.69. The van der Waals surface area contributed by atoms with Crippen LogP contribution >= 0.6 is 0 Å². The van der Waals surface area contributed by atoms with Crippen LogP contribution in [0.4, 0.5) is 11.4 Å². The van der Waals surface area contributed by atoms with Gasteiger partial charge in [-0.3, -0.25) is 19.4 Å². The van der Waals surface area contributed by atoms with Crippen molar-refractivity contribution in [3.63, 3.8) is 0 Å². The van der Waals surface area contributed by atoms with E-state index in [0.29, 0.717) is 29.1 Å². The van der Waals surface area contributed by atoms with E-state index in [9.17, 15) is 13.2 Å². The third-order valence-electron chi connectivity index (χ3n) is 6.69. The number of anilines is 2. The first-order valence-electron chi connectivity index (χ1n) is 12.6. The number of hydrogen-bond acceptors (Lipinski definition) is 7. The van der Waals surface area contributed by atoms with Crippen LogP contribution in [0.5, 0.6) is 5.75 Å². The van der Waals surface area contributed by atoms with Crippen LogP contribution in [0.2, 0.25) is 0 Å². The summed E-state index contributed by atoms with van der Waals surface area (Å²) in [6.45, 7) is 4.79. The highest BCUT2D eigenvalue weighted by molar-refractivity contribution is 7.92. The number of H-pyrrole nitrogens is 1. The van der Waals surface area contributed by atoms with Gasteiger partial charge < -0.3 is 19.8 Å². The van der Waals surface area contributed by atoms with Crippen molar-refractivity contribution in [3.05, 3.63) is 78.2 Å². The molecule has 200 valence electrons. The van der Waals surface area contributed by atoms with Gasteiger partial charge in [-0.2, -0.15) is 0 Å². The summed E-state index contributed by atoms with van der Waals surface area (Å²) in [5.41, 5.74) is 3.41. The smallest absolute Gasteiger partial charge is 0.261 e. The summed E-state index contributed by atoms with van der Waals surface area (Å²) in [5.74, 6) is 0.472. The molecular formula is C28H27N5O5S. The molecule has 0 radical (unpaired) electrons. The minimum atomic E-state index is -3.88. The molecule has 39 heavy (non-hydrogen) atoms. The zero-order valence-corrected chi connectivity index (χ0v) is 21.8. The van der Waals surface area contributed by atoms with Crippen LogP contribution in [0.3, 0.4) is 0 Å². The lowest BCUT2D eigenvalue weighted by Gasteiger charge is -2.26. The molecule has 0 unspecified atom stereocenters. The number of nitrogens with zero attached hydrogens (tertiary/aromatic N) is 2. The molecule has 3 N–H and O–H groups in total. The molecule has 1 fully saturated rings. The standard InChI is InChI=1S/C28H27N5O5S/c34-28-25(24-17-23(4-6-27(24)31-28)39(35,36)32-20-2-1-7-29-18-20)16-21-14-19-15-22(3-5-26(19)30-21)38-13-10-33-8-11-37-12-9-33/h1-7,14-18,30,32H,8-13H2,(H,31,34)/b25-16+. The quantitative estimate of drug-likeness (QED) is 0.289. The van der Waals surface area contributed by atoms with Gasteiger partial charge in [0.25, 0.3) is 15.9 Å². The Morgan fingerprint density at radius 3 is 2.79 bits per heavy atom. The minimum Gasteiger partial charge on any atom is -0.492 e. The summed E-state index contributed by atoms with van der Waals surface area (Å²) in [5, 5.41) is 3.76. The molecule has 2 aromatic carbocycles. The maximum Gasteiger partial charge on any atom is 0.261 e. The SMILES string of the molecule is O=C1Nc2ccc(S(=O)(=O)Nc3cccnc3)cc2/C1=C\c1cc2cc(OCCN3CCOCC3)ccc2[nH]1. The fraction of sp³-hybridized carbons (Fsp3) is 0.214. The summed E-state index contributed by atoms with van der Waals surface area (Å²) in [4.78, 5) is 22.4. The van der Waals surface area contributed by atoms with Crippen LogP contribution in [0, 0.1) is 0 Å². The number of amides is 1. The average molecular weight is 546 g/mol. The number of rotatable bonds is 8. The van der Waals surface area contributed by atoms with Crippen molar-refractivity contribution in [2.75, 3.05) is 49.5 Å². The summed E-state index contributed by atoms with van der Waals surface area (Å²) >= 11 is 0. The van der Waals surface area contributed by atoms with Crippen LogP contribution in [0.15, 0.2) is 71.9 Å². The topological polar surface area (TPSA) is 126 Å². The third kappa shape index (κ3) is 5.51. The van der Waals surface area contributed by atoms with Gasteiger partial charge in [0.1, 0.15) is 12.4 Å². The number of carbonyl (C=O) groups is 1. The van der Waals surface area contributed by atoms with E-state index in [1.165, 1.54) is 18.3 Å². The first kappa shape index (κ1) is 25.1. The average Bonchev–Trinajstić information content (AvgIpc) is 3.48. The van der Waals surface area contributed by atoms with E-state index in [4.69, 9.17) is 9.47 Å². The molecule has 4 aromatic rings. The monoisotopic (exact) mass is 545 g/mol. The summed E-state index contributed by atoms with van der Waals surface area (Å²) in [7, 11) is -3.88. The molecule has 0 bridgehead atoms. The summed E-state index contributed by atoms with van der Waals surface area (Å²) in [6, 6.07) is 15.6. The van der Waals surface area contributed by atoms with Gasteiger partial charge in [-0.15, -0.1) is 0 Å². The largest absolute Gasteiger partial charge is 0.492 e. The molecular weight excluding hydrogens is 518 g/mol. The third-order valence-corrected chi connectivity index (χ3v) is 8.07. The molecule has 6 rings (SSSR count). The molecule has 0 spiro atoms. The lowest BCUT2D eigenvalue weighted by molar-refractivity contribution is -0.110. The Hall–Kier alpha value is -4.19. The second-order valence-corrected chi connectivity index (χ2v) is 11.0. The Balaban J connectivity index is 1.22. The first-order valence-corrected chi connectivity index (χ1v) is 14.1. The van der Waals surface area contributed by atoms with Crippen molar-refractivity contribution < 1.29 is 22.7 Å². The zero-order valence-electron chi connectivity index (χ0n) is 21.0. The number of hydrogen-bond donors (Lipinski definition) is 3. The van der Waals surface area contributed by atoms with Crippen molar-refractivity contribution in [3.8, 4) is 5.75 Å². The maximum atomic E-state index is 13.0. The van der Waals surface area contributed by atoms with Gasteiger partial charge in [0.15, 0.2) is 0 Å². The van der Waals surface area contributed by atoms with Crippen LogP contribution < -0.4 is 14.8 Å². The Morgan fingerprint density at radius 2 is 1.97 bits per heavy atom. The van der Waals surface area contributed by atoms with Crippen molar-refractivity contribution in [1.29, 1.82) is 0 Å². The normalized spacial score (nSPS) is 16.8. The van der Waals surface area contributed by atoms with E-state index in [1.807, 2.05) is 24.3 Å². The molecule has 0 atom stereocenters. The molecule has 0 saturated carbocycles. The van der Waals surface area contributed by atoms with Gasteiger partial charge in [-0.25, -0.2) is 8.42 Å². The van der Waals surface area contributed by atoms with Crippen LogP contribution in [0.25, 0.3) is 22.6 Å². The lowest BCUT2D eigenvalue weighted by Crippen LogP contribution is -2.38. The van der Waals surface area contributed by atoms with E-state index in [0.717, 1.165) is 55.2 Å². The summed E-state index contributed by atoms with van der Waals surface area (Å²) < 4.78 is 39.8. The molecule has 1 amide bonds. The molecule has 11 heteroatoms. The highest BCUT2D eigenvalue weighted by atomic mass is 32.2. The van der Waals surface area contributed by atoms with Crippen LogP contribution in [0.1, 0.15) is 11.3 Å². The number of morpholine rings is 1. The van der Waals surface area contributed by atoms with Gasteiger partial charge in [0.05, 0.1) is 35.6 Å². The van der Waals surface area contributed by atoms with E-state index in [2.05, 4.69) is 24.9 Å². The number of nitrogens with one attached hydrogen (secondary N) is 3. The van der Waals surface area contributed by atoms with Gasteiger partial charge in [-0.05, 0) is 60.7 Å². The minimum absolute atomic E-state index is 0.0445. The Morgan fingerprint density at radius 1 is 1.10 bits per heavy atom. The van der Waals surface area contributed by atoms with Crippen molar-refractivity contribution in [2.45, 2.75) is 4.90 Å². The van der Waals surface area contributed by atoms with Crippen LogP contribution in [-0.2, 0) is 19.6 Å². The molecule has 4 heterocycles. The number of benzene rings is 2. The molecule has 2 aromatic heterocycles. The van der Waals surface area contributed by atoms with Crippen LogP contribution in [-0.4, -0.2) is 68.6 Å². The molecule has 2 aliphatic rings. The van der Waals surface area contributed by atoms with Crippen molar-refractivity contribution >= 4 is 49.9 Å². The Labute approximate surface area is 225 Å². The number of fused-ring (bicyclic) bond motifs is 2. The maximum absolute atomic E-state index is 13.0. The number of carbonyl (C=O) groups excluding carboxylic acids is 1. The highest BCUT2D eigenvalue weighted by Crippen LogP contribution is 2.35. The Bertz CT molecular complexity index is 1660. The van der Waals surface area contributed by atoms with Gasteiger partial charge in [0, 0.05) is 53.7 Å². The van der Waals surface area contributed by atoms with E-state index >= 15 is 0 Å². The highest BCUT2D eigenvalue weighted by Gasteiger charge is 2.27. The number of aromatic amines is 1. The number of sulfonamides is 1. The van der Waals surface area contributed by atoms with E-state index in [1.54, 1.807) is 30.5 Å². The Kier molecular flexibility index (Phi) is 6.77. The lowest BCUT2D eigenvalue weighted by atomic mass is 10.1. The predicted octanol–water partition coefficient (Wildman–Crippen LogP) is 3.57. The second kappa shape index (κ2) is 10.5. The van der Waals surface area contributed by atoms with Gasteiger partial charge in [0.2, 0.25) is 0 Å². The number of aromatic nitrogens is 2. The number of pyridine rings is 1. The van der Waals surface area contributed by atoms with Gasteiger partial charge >= 0.3 is 0 Å². The van der Waals surface area contributed by atoms with E-state index < -0.39 is 10.0 Å². The molecule has 1 saturated heterocycles. The fourth-order valence-corrected chi connectivity index (χ4v) is 5.76. The summed E-state index contributed by atoms with van der Waals surface area (Å²) in [6.07, 6.45) is 4.72. The molecule has 2 aliphatic heterocycles. The molecule has 0 aliphatic carbocycles. The number of ether oxygens (including phenoxy) is 2. The second-order valence-electron chi connectivity index (χ2n) is 9.34. The van der Waals surface area contributed by atoms with Crippen molar-refractivity contribution in [1.82, 2.24) is 14.9 Å². The van der Waals surface area contributed by atoms with E-state index in [-0.39, 0.29) is 10.8 Å². The zero-order chi connectivity index (χ0) is 26.8. The van der Waals surface area contributed by atoms with Gasteiger partial charge in [-0.1, -0.05) is 0 Å². The first-order chi connectivity index (χ1) is 18.9. The predicted molar refractivity (Wildman–Crippen MR) is 149 cm³/mol. The van der Waals surface area contributed by atoms with Crippen molar-refractivity contribution in [2.24, 2.45) is 0 Å². The molecule has 10 nitrogen and oxygen atoms in total.